The molecule has 0 radical (unpaired) electrons. The van der Waals surface area contributed by atoms with Gasteiger partial charge in [0.25, 0.3) is 0 Å². The molecule has 0 amide bonds. The Morgan fingerprint density at radius 3 is 2.19 bits per heavy atom. The first-order valence-electron chi connectivity index (χ1n) is 8.08. The topological polar surface area (TPSA) is 84.9 Å². The smallest absolute Gasteiger partial charge is 0.321 e. The van der Waals surface area contributed by atoms with E-state index in [9.17, 15) is 9.59 Å². The molecule has 2 rings (SSSR count). The fraction of sp³-hybridized carbons (Fsp3) is 0.263. The van der Waals surface area contributed by atoms with Crippen LogP contribution in [0.3, 0.4) is 0 Å². The summed E-state index contributed by atoms with van der Waals surface area (Å²) in [6.07, 6.45) is 0. The molecule has 0 heterocycles. The Labute approximate surface area is 156 Å². The normalized spacial score (nSPS) is 11.7. The van der Waals surface area contributed by atoms with Gasteiger partial charge in [-0.3, -0.25) is 9.59 Å². The summed E-state index contributed by atoms with van der Waals surface area (Å²) < 4.78 is 5.33. The van der Waals surface area contributed by atoms with Gasteiger partial charge in [-0.25, -0.2) is 0 Å². The Balaban J connectivity index is 1.94. The highest BCUT2D eigenvalue weighted by Crippen LogP contribution is 2.29. The van der Waals surface area contributed by atoms with Crippen LogP contribution in [0.25, 0.3) is 0 Å². The molecule has 6 nitrogen and oxygen atoms in total. The van der Waals surface area contributed by atoms with Crippen molar-refractivity contribution < 1.29 is 24.3 Å². The van der Waals surface area contributed by atoms with Gasteiger partial charge in [0.05, 0.1) is 6.61 Å². The molecule has 0 aromatic heterocycles. The van der Waals surface area contributed by atoms with Crippen LogP contribution in [0, 0.1) is 0 Å². The fourth-order valence-corrected chi connectivity index (χ4v) is 2.88. The van der Waals surface area contributed by atoms with Crippen molar-refractivity contribution in [3.8, 4) is 5.75 Å². The minimum Gasteiger partial charge on any atom is -0.491 e. The zero-order valence-electron chi connectivity index (χ0n) is 14.6. The summed E-state index contributed by atoms with van der Waals surface area (Å²) in [6, 6.07) is 14.2. The van der Waals surface area contributed by atoms with Gasteiger partial charge in [-0.1, -0.05) is 23.9 Å². The second kappa shape index (κ2) is 9.96. The lowest BCUT2D eigenvalue weighted by molar-refractivity contribution is -0.149. The number of aliphatic hydroxyl groups is 1. The highest BCUT2D eigenvalue weighted by molar-refractivity contribution is 7.99. The monoisotopic (exact) mass is 375 g/mol. The number of ketones is 1. The Hall–Kier alpha value is -2.35. The van der Waals surface area contributed by atoms with Gasteiger partial charge in [0.1, 0.15) is 18.4 Å². The van der Waals surface area contributed by atoms with Crippen molar-refractivity contribution in [2.24, 2.45) is 0 Å². The van der Waals surface area contributed by atoms with Crippen molar-refractivity contribution in [1.29, 1.82) is 0 Å². The predicted octanol–water partition coefficient (Wildman–Crippen LogP) is 2.85. The number of hydrogen-bond acceptors (Lipinski definition) is 7. The molecule has 2 aromatic carbocycles. The van der Waals surface area contributed by atoms with Gasteiger partial charge in [0.15, 0.2) is 5.78 Å². The highest BCUT2D eigenvalue weighted by atomic mass is 32.2. The lowest BCUT2D eigenvalue weighted by Crippen LogP contribution is -2.35. The second-order valence-electron chi connectivity index (χ2n) is 5.47. The SMILES string of the molecule is CC(=O)ONC(C)C(=O)c1ccc(Sc2ccc(OCCO)cc2)cc1. The summed E-state index contributed by atoms with van der Waals surface area (Å²) >= 11 is 1.56. The van der Waals surface area contributed by atoms with Crippen LogP contribution >= 0.6 is 11.8 Å². The Morgan fingerprint density at radius 1 is 1.08 bits per heavy atom. The molecular formula is C19H21NO5S. The van der Waals surface area contributed by atoms with Crippen LogP contribution in [-0.4, -0.2) is 36.1 Å². The van der Waals surface area contributed by atoms with Crippen molar-refractivity contribution in [2.75, 3.05) is 13.2 Å². The highest BCUT2D eigenvalue weighted by Gasteiger charge is 2.16. The standard InChI is InChI=1S/C19H21NO5S/c1-13(20-25-14(2)22)19(23)15-3-7-17(8-4-15)26-18-9-5-16(6-10-18)24-12-11-21/h3-10,13,20-21H,11-12H2,1-2H3. The number of aliphatic hydroxyl groups excluding tert-OH is 1. The van der Waals surface area contributed by atoms with E-state index in [0.717, 1.165) is 9.79 Å². The van der Waals surface area contributed by atoms with Gasteiger partial charge in [-0.2, -0.15) is 0 Å². The summed E-state index contributed by atoms with van der Waals surface area (Å²) in [6.45, 7) is 3.15. The third-order valence-electron chi connectivity index (χ3n) is 3.33. The number of hydrogen-bond donors (Lipinski definition) is 2. The van der Waals surface area contributed by atoms with Gasteiger partial charge < -0.3 is 14.7 Å². The van der Waals surface area contributed by atoms with E-state index in [4.69, 9.17) is 9.84 Å². The van der Waals surface area contributed by atoms with E-state index in [1.165, 1.54) is 6.92 Å². The molecule has 0 spiro atoms. The molecule has 0 bridgehead atoms. The number of hydroxylamine groups is 1. The maximum absolute atomic E-state index is 12.3. The van der Waals surface area contributed by atoms with Crippen LogP contribution in [0.15, 0.2) is 58.3 Å². The predicted molar refractivity (Wildman–Crippen MR) is 98.3 cm³/mol. The van der Waals surface area contributed by atoms with Crippen molar-refractivity contribution in [3.05, 3.63) is 54.1 Å². The maximum Gasteiger partial charge on any atom is 0.321 e. The average molecular weight is 375 g/mol. The molecule has 2 aromatic rings. The lowest BCUT2D eigenvalue weighted by atomic mass is 10.1. The van der Waals surface area contributed by atoms with Crippen LogP contribution in [0.1, 0.15) is 24.2 Å². The fourth-order valence-electron chi connectivity index (χ4n) is 2.07. The van der Waals surface area contributed by atoms with E-state index in [1.807, 2.05) is 36.4 Å². The molecule has 138 valence electrons. The maximum atomic E-state index is 12.3. The number of ether oxygens (including phenoxy) is 1. The average Bonchev–Trinajstić information content (AvgIpc) is 2.65. The van der Waals surface area contributed by atoms with Gasteiger partial charge in [0.2, 0.25) is 0 Å². The molecule has 0 aliphatic carbocycles. The molecule has 0 aliphatic heterocycles. The van der Waals surface area contributed by atoms with E-state index in [2.05, 4.69) is 10.3 Å². The number of rotatable bonds is 9. The second-order valence-corrected chi connectivity index (χ2v) is 6.61. The first-order chi connectivity index (χ1) is 12.5. The van der Waals surface area contributed by atoms with E-state index in [-0.39, 0.29) is 19.0 Å². The summed E-state index contributed by atoms with van der Waals surface area (Å²) in [5.41, 5.74) is 2.96. The van der Waals surface area contributed by atoms with Crippen LogP contribution in [-0.2, 0) is 9.63 Å². The number of Topliss-reactive ketones (excluding diaryl/α,β-unsaturated/α-hetero) is 1. The largest absolute Gasteiger partial charge is 0.491 e. The van der Waals surface area contributed by atoms with E-state index in [0.29, 0.717) is 11.3 Å². The first-order valence-corrected chi connectivity index (χ1v) is 8.90. The summed E-state index contributed by atoms with van der Waals surface area (Å²) in [7, 11) is 0. The molecular weight excluding hydrogens is 354 g/mol. The molecule has 0 aliphatic rings. The van der Waals surface area contributed by atoms with Gasteiger partial charge in [-0.15, -0.1) is 5.48 Å². The van der Waals surface area contributed by atoms with E-state index < -0.39 is 12.0 Å². The third kappa shape index (κ3) is 6.18. The lowest BCUT2D eigenvalue weighted by Gasteiger charge is -2.12. The summed E-state index contributed by atoms with van der Waals surface area (Å²) in [4.78, 5) is 29.7. The minimum atomic E-state index is -0.621. The zero-order valence-corrected chi connectivity index (χ0v) is 15.4. The summed E-state index contributed by atoms with van der Waals surface area (Å²) in [5.74, 6) is 0.0518. The molecule has 2 N–H and O–H groups in total. The van der Waals surface area contributed by atoms with Crippen molar-refractivity contribution in [2.45, 2.75) is 29.7 Å². The quantitative estimate of drug-likeness (QED) is 0.515. The summed E-state index contributed by atoms with van der Waals surface area (Å²) in [5, 5.41) is 8.75. The van der Waals surface area contributed by atoms with Crippen LogP contribution in [0.2, 0.25) is 0 Å². The molecule has 0 saturated heterocycles. The number of carbonyl (C=O) groups excluding carboxylic acids is 2. The van der Waals surface area contributed by atoms with Gasteiger partial charge in [-0.05, 0) is 43.3 Å². The van der Waals surface area contributed by atoms with Gasteiger partial charge in [0, 0.05) is 22.3 Å². The van der Waals surface area contributed by atoms with Crippen LogP contribution in [0.4, 0.5) is 0 Å². The van der Waals surface area contributed by atoms with Crippen molar-refractivity contribution >= 4 is 23.5 Å². The zero-order chi connectivity index (χ0) is 18.9. The van der Waals surface area contributed by atoms with Gasteiger partial charge >= 0.3 is 5.97 Å². The van der Waals surface area contributed by atoms with Crippen molar-refractivity contribution in [1.82, 2.24) is 5.48 Å². The first kappa shape index (κ1) is 20.0. The van der Waals surface area contributed by atoms with Crippen LogP contribution in [0.5, 0.6) is 5.75 Å². The number of benzene rings is 2. The number of nitrogens with one attached hydrogen (secondary N) is 1. The Bertz CT molecular complexity index is 731. The van der Waals surface area contributed by atoms with Crippen LogP contribution < -0.4 is 10.2 Å². The third-order valence-corrected chi connectivity index (χ3v) is 4.35. The molecule has 0 fully saturated rings. The Morgan fingerprint density at radius 2 is 1.65 bits per heavy atom. The molecule has 7 heteroatoms. The Kier molecular flexibility index (Phi) is 7.65. The van der Waals surface area contributed by atoms with E-state index >= 15 is 0 Å². The molecule has 1 atom stereocenters. The number of carbonyl (C=O) groups is 2. The molecule has 26 heavy (non-hydrogen) atoms. The van der Waals surface area contributed by atoms with Crippen molar-refractivity contribution in [3.63, 3.8) is 0 Å². The molecule has 1 unspecified atom stereocenters. The van der Waals surface area contributed by atoms with E-state index in [1.54, 1.807) is 30.8 Å². The molecule has 0 saturated carbocycles. The minimum absolute atomic E-state index is 0.0173.